The highest BCUT2D eigenvalue weighted by molar-refractivity contribution is 5.99. The largest absolute Gasteiger partial charge is 0.397 e. The van der Waals surface area contributed by atoms with E-state index in [1.165, 1.54) is 6.20 Å². The Balaban J connectivity index is 1.94. The van der Waals surface area contributed by atoms with E-state index >= 15 is 0 Å². The van der Waals surface area contributed by atoms with E-state index in [9.17, 15) is 9.59 Å². The van der Waals surface area contributed by atoms with Crippen LogP contribution in [0.25, 0.3) is 0 Å². The minimum absolute atomic E-state index is 0.142. The average Bonchev–Trinajstić information content (AvgIpc) is 3.13. The average molecular weight is 248 g/mol. The zero-order valence-electron chi connectivity index (χ0n) is 10.1. The van der Waals surface area contributed by atoms with Gasteiger partial charge in [-0.25, -0.2) is 4.98 Å². The lowest BCUT2D eigenvalue weighted by atomic mass is 10.2. The molecule has 0 aromatic carbocycles. The summed E-state index contributed by atoms with van der Waals surface area (Å²) < 4.78 is 0. The highest BCUT2D eigenvalue weighted by Crippen LogP contribution is 2.18. The van der Waals surface area contributed by atoms with Gasteiger partial charge in [0, 0.05) is 12.2 Å². The fraction of sp³-hybridized carbons (Fsp3) is 0.417. The van der Waals surface area contributed by atoms with Gasteiger partial charge < -0.3 is 16.4 Å². The number of hydrogen-bond acceptors (Lipinski definition) is 4. The highest BCUT2D eigenvalue weighted by Gasteiger charge is 2.26. The summed E-state index contributed by atoms with van der Waals surface area (Å²) in [6.45, 7) is 1.63. The summed E-state index contributed by atoms with van der Waals surface area (Å²) >= 11 is 0. The Morgan fingerprint density at radius 3 is 2.83 bits per heavy atom. The molecule has 1 aromatic heterocycles. The molecular weight excluding hydrogens is 232 g/mol. The molecule has 0 spiro atoms. The van der Waals surface area contributed by atoms with Crippen molar-refractivity contribution in [3.05, 3.63) is 24.0 Å². The van der Waals surface area contributed by atoms with Gasteiger partial charge in [0.1, 0.15) is 6.04 Å². The molecule has 1 aliphatic carbocycles. The number of nitrogens with one attached hydrogen (secondary N) is 2. The van der Waals surface area contributed by atoms with Crippen LogP contribution in [0, 0.1) is 0 Å². The number of nitrogen functional groups attached to an aromatic ring is 1. The van der Waals surface area contributed by atoms with Crippen LogP contribution in [0.5, 0.6) is 0 Å². The molecule has 1 saturated carbocycles. The molecule has 1 unspecified atom stereocenters. The Hall–Kier alpha value is -2.11. The van der Waals surface area contributed by atoms with Crippen LogP contribution in [0.15, 0.2) is 18.3 Å². The maximum Gasteiger partial charge on any atom is 0.272 e. The molecule has 0 radical (unpaired) electrons. The van der Waals surface area contributed by atoms with Crippen LogP contribution >= 0.6 is 0 Å². The highest BCUT2D eigenvalue weighted by atomic mass is 16.2. The summed E-state index contributed by atoms with van der Waals surface area (Å²) in [5, 5.41) is 5.40. The summed E-state index contributed by atoms with van der Waals surface area (Å²) in [5.74, 6) is -0.619. The molecule has 1 fully saturated rings. The second-order valence-electron chi connectivity index (χ2n) is 4.42. The van der Waals surface area contributed by atoms with Crippen molar-refractivity contribution in [2.24, 2.45) is 0 Å². The smallest absolute Gasteiger partial charge is 0.272 e. The van der Waals surface area contributed by atoms with Gasteiger partial charge in [0.2, 0.25) is 5.91 Å². The van der Waals surface area contributed by atoms with Crippen molar-refractivity contribution in [1.82, 2.24) is 15.6 Å². The van der Waals surface area contributed by atoms with Crippen molar-refractivity contribution >= 4 is 17.5 Å². The lowest BCUT2D eigenvalue weighted by Gasteiger charge is -2.14. The minimum atomic E-state index is -0.598. The van der Waals surface area contributed by atoms with E-state index in [2.05, 4.69) is 15.6 Å². The lowest BCUT2D eigenvalue weighted by molar-refractivity contribution is -0.122. The Bertz CT molecular complexity index is 471. The van der Waals surface area contributed by atoms with E-state index < -0.39 is 11.9 Å². The molecule has 2 rings (SSSR count). The number of amides is 2. The van der Waals surface area contributed by atoms with E-state index in [1.54, 1.807) is 19.1 Å². The topological polar surface area (TPSA) is 97.1 Å². The van der Waals surface area contributed by atoms with Crippen LogP contribution in [-0.2, 0) is 4.79 Å². The van der Waals surface area contributed by atoms with E-state index in [-0.39, 0.29) is 17.6 Å². The predicted molar refractivity (Wildman–Crippen MR) is 66.7 cm³/mol. The molecule has 6 heteroatoms. The van der Waals surface area contributed by atoms with Crippen LogP contribution in [0.3, 0.4) is 0 Å². The first-order valence-corrected chi connectivity index (χ1v) is 5.89. The molecule has 96 valence electrons. The van der Waals surface area contributed by atoms with Gasteiger partial charge in [-0.15, -0.1) is 0 Å². The molecule has 0 saturated heterocycles. The molecule has 0 aliphatic heterocycles. The molecule has 0 bridgehead atoms. The SMILES string of the molecule is CC(NC(=O)c1ncccc1N)C(=O)NC1CC1. The summed E-state index contributed by atoms with van der Waals surface area (Å²) in [7, 11) is 0. The van der Waals surface area contributed by atoms with Gasteiger partial charge in [0.25, 0.3) is 5.91 Å². The number of rotatable bonds is 4. The second-order valence-corrected chi connectivity index (χ2v) is 4.42. The molecular formula is C12H16N4O2. The van der Waals surface area contributed by atoms with Gasteiger partial charge in [0.05, 0.1) is 5.69 Å². The summed E-state index contributed by atoms with van der Waals surface area (Å²) in [5.41, 5.74) is 6.08. The first-order chi connectivity index (χ1) is 8.58. The van der Waals surface area contributed by atoms with E-state index in [0.717, 1.165) is 12.8 Å². The van der Waals surface area contributed by atoms with Crippen molar-refractivity contribution in [3.63, 3.8) is 0 Å². The van der Waals surface area contributed by atoms with Crippen molar-refractivity contribution in [3.8, 4) is 0 Å². The molecule has 4 N–H and O–H groups in total. The number of anilines is 1. The Morgan fingerprint density at radius 2 is 2.22 bits per heavy atom. The normalized spacial score (nSPS) is 15.8. The first kappa shape index (κ1) is 12.3. The first-order valence-electron chi connectivity index (χ1n) is 5.89. The third-order valence-corrected chi connectivity index (χ3v) is 2.72. The van der Waals surface area contributed by atoms with Crippen LogP contribution < -0.4 is 16.4 Å². The molecule has 1 atom stereocenters. The number of carbonyl (C=O) groups is 2. The monoisotopic (exact) mass is 248 g/mol. The maximum atomic E-state index is 11.8. The van der Waals surface area contributed by atoms with Gasteiger partial charge in [-0.2, -0.15) is 0 Å². The number of pyridine rings is 1. The van der Waals surface area contributed by atoms with Crippen molar-refractivity contribution < 1.29 is 9.59 Å². The quantitative estimate of drug-likeness (QED) is 0.702. The molecule has 1 aromatic rings. The summed E-state index contributed by atoms with van der Waals surface area (Å²) in [4.78, 5) is 27.4. The van der Waals surface area contributed by atoms with Crippen LogP contribution in [0.4, 0.5) is 5.69 Å². The van der Waals surface area contributed by atoms with Crippen molar-refractivity contribution in [1.29, 1.82) is 0 Å². The van der Waals surface area contributed by atoms with Gasteiger partial charge in [-0.05, 0) is 31.9 Å². The fourth-order valence-corrected chi connectivity index (χ4v) is 1.49. The van der Waals surface area contributed by atoms with E-state index in [0.29, 0.717) is 5.69 Å². The lowest BCUT2D eigenvalue weighted by Crippen LogP contribution is -2.45. The third-order valence-electron chi connectivity index (χ3n) is 2.72. The number of nitrogens with two attached hydrogens (primary N) is 1. The van der Waals surface area contributed by atoms with Crippen LogP contribution in [0.1, 0.15) is 30.3 Å². The molecule has 1 aliphatic rings. The zero-order valence-corrected chi connectivity index (χ0v) is 10.1. The van der Waals surface area contributed by atoms with Crippen LogP contribution in [-0.4, -0.2) is 28.9 Å². The molecule has 1 heterocycles. The van der Waals surface area contributed by atoms with Crippen LogP contribution in [0.2, 0.25) is 0 Å². The number of hydrogen-bond donors (Lipinski definition) is 3. The summed E-state index contributed by atoms with van der Waals surface area (Å²) in [6.07, 6.45) is 3.51. The second kappa shape index (κ2) is 5.03. The molecule has 2 amide bonds. The maximum absolute atomic E-state index is 11.8. The predicted octanol–water partition coefficient (Wildman–Crippen LogP) is 0.0607. The summed E-state index contributed by atoms with van der Waals surface area (Å²) in [6, 6.07) is 2.92. The number of nitrogens with zero attached hydrogens (tertiary/aromatic N) is 1. The molecule has 6 nitrogen and oxygen atoms in total. The number of aromatic nitrogens is 1. The minimum Gasteiger partial charge on any atom is -0.397 e. The Morgan fingerprint density at radius 1 is 1.50 bits per heavy atom. The Labute approximate surface area is 105 Å². The number of carbonyl (C=O) groups excluding carboxylic acids is 2. The Kier molecular flexibility index (Phi) is 3.45. The van der Waals surface area contributed by atoms with E-state index in [1.807, 2.05) is 0 Å². The van der Waals surface area contributed by atoms with Crippen molar-refractivity contribution in [2.45, 2.75) is 31.8 Å². The zero-order chi connectivity index (χ0) is 13.1. The van der Waals surface area contributed by atoms with Gasteiger partial charge in [0.15, 0.2) is 5.69 Å². The van der Waals surface area contributed by atoms with E-state index in [4.69, 9.17) is 5.73 Å². The molecule has 18 heavy (non-hydrogen) atoms. The third kappa shape index (κ3) is 2.97. The van der Waals surface area contributed by atoms with Gasteiger partial charge in [-0.1, -0.05) is 0 Å². The van der Waals surface area contributed by atoms with Gasteiger partial charge >= 0.3 is 0 Å². The standard InChI is InChI=1S/C12H16N4O2/c1-7(11(17)16-8-4-5-8)15-12(18)10-9(13)3-2-6-14-10/h2-3,6-8H,4-5,13H2,1H3,(H,15,18)(H,16,17). The van der Waals surface area contributed by atoms with Gasteiger partial charge in [-0.3, -0.25) is 9.59 Å². The van der Waals surface area contributed by atoms with Crippen molar-refractivity contribution in [2.75, 3.05) is 5.73 Å². The fourth-order valence-electron chi connectivity index (χ4n) is 1.49.